The van der Waals surface area contributed by atoms with Crippen LogP contribution in [0.1, 0.15) is 22.8 Å². The molecule has 0 aliphatic heterocycles. The molecule has 0 fully saturated rings. The van der Waals surface area contributed by atoms with Crippen molar-refractivity contribution in [2.45, 2.75) is 19.9 Å². The van der Waals surface area contributed by atoms with Gasteiger partial charge in [0, 0.05) is 18.7 Å². The van der Waals surface area contributed by atoms with Gasteiger partial charge in [-0.15, -0.1) is 0 Å². The van der Waals surface area contributed by atoms with Crippen molar-refractivity contribution < 1.29 is 9.72 Å². The molecule has 17 heavy (non-hydrogen) atoms. The minimum Gasteiger partial charge on any atom is -0.350 e. The molecule has 0 aliphatic carbocycles. The van der Waals surface area contributed by atoms with E-state index < -0.39 is 10.8 Å². The number of nitrogens with one attached hydrogen (secondary N) is 1. The quantitative estimate of drug-likeness (QED) is 0.602. The van der Waals surface area contributed by atoms with Gasteiger partial charge in [0.05, 0.1) is 4.92 Å². The molecular weight excluding hydrogens is 222 g/mol. The molecule has 1 rings (SSSR count). The average Bonchev–Trinajstić information content (AvgIpc) is 2.25. The van der Waals surface area contributed by atoms with Gasteiger partial charge in [0.1, 0.15) is 5.56 Å². The van der Waals surface area contributed by atoms with E-state index in [4.69, 9.17) is 5.73 Å². The van der Waals surface area contributed by atoms with Gasteiger partial charge >= 0.3 is 0 Å². The predicted molar refractivity (Wildman–Crippen MR) is 63.8 cm³/mol. The second-order valence-corrected chi connectivity index (χ2v) is 3.97. The lowest BCUT2D eigenvalue weighted by Crippen LogP contribution is -2.35. The molecule has 6 nitrogen and oxygen atoms in total. The number of hydrogen-bond acceptors (Lipinski definition) is 4. The summed E-state index contributed by atoms with van der Waals surface area (Å²) < 4.78 is 0. The summed E-state index contributed by atoms with van der Waals surface area (Å²) in [6.45, 7) is 3.79. The second-order valence-electron chi connectivity index (χ2n) is 3.97. The zero-order valence-corrected chi connectivity index (χ0v) is 9.77. The molecule has 0 saturated heterocycles. The van der Waals surface area contributed by atoms with E-state index in [-0.39, 0.29) is 23.8 Å². The molecule has 1 aromatic carbocycles. The Hall–Kier alpha value is -1.95. The van der Waals surface area contributed by atoms with Crippen molar-refractivity contribution in [3.63, 3.8) is 0 Å². The van der Waals surface area contributed by atoms with Gasteiger partial charge in [0.15, 0.2) is 0 Å². The van der Waals surface area contributed by atoms with E-state index in [1.807, 2.05) is 0 Å². The van der Waals surface area contributed by atoms with Crippen LogP contribution in [0.5, 0.6) is 0 Å². The fourth-order valence-corrected chi connectivity index (χ4v) is 1.34. The molecule has 0 aliphatic rings. The van der Waals surface area contributed by atoms with E-state index in [1.54, 1.807) is 19.9 Å². The molecule has 0 radical (unpaired) electrons. The lowest BCUT2D eigenvalue weighted by atomic mass is 10.1. The van der Waals surface area contributed by atoms with E-state index in [9.17, 15) is 14.9 Å². The molecule has 0 spiro atoms. The number of carbonyl (C=O) groups is 1. The molecule has 1 amide bonds. The fraction of sp³-hybridized carbons (Fsp3) is 0.364. The van der Waals surface area contributed by atoms with Crippen LogP contribution in [0.3, 0.4) is 0 Å². The van der Waals surface area contributed by atoms with Crippen molar-refractivity contribution in [2.75, 3.05) is 6.54 Å². The third kappa shape index (κ3) is 3.53. The number of nitro benzene ring substituents is 1. The Balaban J connectivity index is 2.98. The van der Waals surface area contributed by atoms with Crippen molar-refractivity contribution in [2.24, 2.45) is 5.73 Å². The van der Waals surface area contributed by atoms with E-state index in [2.05, 4.69) is 5.32 Å². The SMILES string of the molecule is Cc1ccc([N+](=O)[O-])c(C(=O)NCC(C)N)c1. The first-order valence-corrected chi connectivity index (χ1v) is 5.20. The molecule has 92 valence electrons. The van der Waals surface area contributed by atoms with Crippen molar-refractivity contribution in [1.29, 1.82) is 0 Å². The molecule has 6 heteroatoms. The molecule has 1 aromatic rings. The van der Waals surface area contributed by atoms with E-state index in [0.717, 1.165) is 5.56 Å². The van der Waals surface area contributed by atoms with Gasteiger partial charge < -0.3 is 11.1 Å². The summed E-state index contributed by atoms with van der Waals surface area (Å²) in [5.41, 5.74) is 6.16. The zero-order valence-electron chi connectivity index (χ0n) is 9.77. The standard InChI is InChI=1S/C11H15N3O3/c1-7-3-4-10(14(16)17)9(5-7)11(15)13-6-8(2)12/h3-5,8H,6,12H2,1-2H3,(H,13,15). The van der Waals surface area contributed by atoms with Gasteiger partial charge in [-0.1, -0.05) is 6.07 Å². The number of aryl methyl sites for hydroxylation is 1. The fourth-order valence-electron chi connectivity index (χ4n) is 1.34. The number of hydrogen-bond donors (Lipinski definition) is 2. The summed E-state index contributed by atoms with van der Waals surface area (Å²) in [5, 5.41) is 13.3. The van der Waals surface area contributed by atoms with Crippen LogP contribution in [0.4, 0.5) is 5.69 Å². The summed E-state index contributed by atoms with van der Waals surface area (Å²) in [6.07, 6.45) is 0. The monoisotopic (exact) mass is 237 g/mol. The number of nitrogens with zero attached hydrogens (tertiary/aromatic N) is 1. The van der Waals surface area contributed by atoms with Crippen molar-refractivity contribution >= 4 is 11.6 Å². The smallest absolute Gasteiger partial charge is 0.282 e. The number of benzene rings is 1. The van der Waals surface area contributed by atoms with E-state index in [0.29, 0.717) is 0 Å². The van der Waals surface area contributed by atoms with Crippen molar-refractivity contribution in [3.05, 3.63) is 39.4 Å². The van der Waals surface area contributed by atoms with Crippen molar-refractivity contribution in [1.82, 2.24) is 5.32 Å². The highest BCUT2D eigenvalue weighted by atomic mass is 16.6. The zero-order chi connectivity index (χ0) is 13.0. The molecular formula is C11H15N3O3. The summed E-state index contributed by atoms with van der Waals surface area (Å²) in [4.78, 5) is 22.0. The summed E-state index contributed by atoms with van der Waals surface area (Å²) in [7, 11) is 0. The van der Waals surface area contributed by atoms with Crippen LogP contribution in [0.15, 0.2) is 18.2 Å². The van der Waals surface area contributed by atoms with Crippen LogP contribution in [0.25, 0.3) is 0 Å². The molecule has 0 aromatic heterocycles. The Morgan fingerprint density at radius 3 is 2.76 bits per heavy atom. The number of nitrogens with two attached hydrogens (primary N) is 1. The predicted octanol–water partition coefficient (Wildman–Crippen LogP) is 0.980. The van der Waals surface area contributed by atoms with Crippen LogP contribution in [0, 0.1) is 17.0 Å². The molecule has 1 atom stereocenters. The molecule has 0 heterocycles. The van der Waals surface area contributed by atoms with Gasteiger partial charge in [-0.3, -0.25) is 14.9 Å². The maximum atomic E-state index is 11.8. The summed E-state index contributed by atoms with van der Waals surface area (Å²) in [6, 6.07) is 4.23. The number of amides is 1. The average molecular weight is 237 g/mol. The van der Waals surface area contributed by atoms with Gasteiger partial charge in [0.25, 0.3) is 11.6 Å². The molecule has 0 saturated carbocycles. The third-order valence-corrected chi connectivity index (χ3v) is 2.18. The molecule has 0 bridgehead atoms. The topological polar surface area (TPSA) is 98.3 Å². The van der Waals surface area contributed by atoms with Crippen LogP contribution >= 0.6 is 0 Å². The lowest BCUT2D eigenvalue weighted by molar-refractivity contribution is -0.385. The Morgan fingerprint density at radius 2 is 2.24 bits per heavy atom. The minimum atomic E-state index is -0.569. The highest BCUT2D eigenvalue weighted by Crippen LogP contribution is 2.19. The summed E-state index contributed by atoms with van der Waals surface area (Å²) >= 11 is 0. The Bertz CT molecular complexity index is 444. The van der Waals surface area contributed by atoms with Crippen LogP contribution in [-0.4, -0.2) is 23.4 Å². The normalized spacial score (nSPS) is 11.9. The van der Waals surface area contributed by atoms with Gasteiger partial charge in [0.2, 0.25) is 0 Å². The van der Waals surface area contributed by atoms with E-state index >= 15 is 0 Å². The largest absolute Gasteiger partial charge is 0.350 e. The summed E-state index contributed by atoms with van der Waals surface area (Å²) in [5.74, 6) is -0.474. The second kappa shape index (κ2) is 5.40. The number of rotatable bonds is 4. The number of nitro groups is 1. The van der Waals surface area contributed by atoms with E-state index in [1.165, 1.54) is 12.1 Å². The molecule has 3 N–H and O–H groups in total. The maximum Gasteiger partial charge on any atom is 0.282 e. The Morgan fingerprint density at radius 1 is 1.59 bits per heavy atom. The lowest BCUT2D eigenvalue weighted by Gasteiger charge is -2.08. The Kier molecular flexibility index (Phi) is 4.17. The van der Waals surface area contributed by atoms with Gasteiger partial charge in [-0.05, 0) is 25.5 Å². The maximum absolute atomic E-state index is 11.8. The minimum absolute atomic E-state index is 0.0654. The number of carbonyl (C=O) groups excluding carboxylic acids is 1. The van der Waals surface area contributed by atoms with Crippen LogP contribution in [-0.2, 0) is 0 Å². The highest BCUT2D eigenvalue weighted by molar-refractivity contribution is 5.98. The third-order valence-electron chi connectivity index (χ3n) is 2.18. The van der Waals surface area contributed by atoms with Crippen molar-refractivity contribution in [3.8, 4) is 0 Å². The molecule has 1 unspecified atom stereocenters. The first kappa shape index (κ1) is 13.1. The highest BCUT2D eigenvalue weighted by Gasteiger charge is 2.19. The first-order chi connectivity index (χ1) is 7.91. The van der Waals surface area contributed by atoms with Gasteiger partial charge in [-0.2, -0.15) is 0 Å². The van der Waals surface area contributed by atoms with Crippen LogP contribution in [0.2, 0.25) is 0 Å². The van der Waals surface area contributed by atoms with Gasteiger partial charge in [-0.25, -0.2) is 0 Å². The first-order valence-electron chi connectivity index (χ1n) is 5.20. The Labute approximate surface area is 99.0 Å². The van der Waals surface area contributed by atoms with Crippen LogP contribution < -0.4 is 11.1 Å².